The van der Waals surface area contributed by atoms with Gasteiger partial charge in [0.2, 0.25) is 0 Å². The lowest BCUT2D eigenvalue weighted by Crippen LogP contribution is -2.22. The Labute approximate surface area is 160 Å². The minimum atomic E-state index is -1.65. The lowest BCUT2D eigenvalue weighted by molar-refractivity contribution is -0.384. The van der Waals surface area contributed by atoms with Gasteiger partial charge in [-0.05, 0) is 18.2 Å². The maximum absolute atomic E-state index is 12.0. The zero-order valence-electron chi connectivity index (χ0n) is 13.6. The molecule has 1 rings (SSSR count). The van der Waals surface area contributed by atoms with E-state index >= 15 is 0 Å². The van der Waals surface area contributed by atoms with Crippen molar-refractivity contribution in [3.63, 3.8) is 0 Å². The van der Waals surface area contributed by atoms with Gasteiger partial charge >= 0.3 is 23.9 Å². The second-order valence-electron chi connectivity index (χ2n) is 4.60. The Balaban J connectivity index is 3.36. The lowest BCUT2D eigenvalue weighted by Gasteiger charge is -2.07. The maximum Gasteiger partial charge on any atom is 0.386 e. The van der Waals surface area contributed by atoms with E-state index in [-0.39, 0.29) is 0 Å². The molecule has 0 aliphatic rings. The maximum atomic E-state index is 12.0. The molecule has 0 saturated heterocycles. The summed E-state index contributed by atoms with van der Waals surface area (Å²) in [6, 6.07) is 1.17. The number of nitrogens with zero attached hydrogens (tertiary/aromatic N) is 1. The first-order chi connectivity index (χ1) is 13.0. The van der Waals surface area contributed by atoms with Crippen molar-refractivity contribution in [2.45, 2.75) is 0 Å². The summed E-state index contributed by atoms with van der Waals surface area (Å²) >= 11 is 5.71. The molecule has 0 amide bonds. The number of rotatable bonds is 7. The fourth-order valence-corrected chi connectivity index (χ4v) is 1.81. The van der Waals surface area contributed by atoms with Crippen LogP contribution in [0.5, 0.6) is 0 Å². The predicted octanol–water partition coefficient (Wildman–Crippen LogP) is 1.13. The highest BCUT2D eigenvalue weighted by Gasteiger charge is 2.29. The highest BCUT2D eigenvalue weighted by Crippen LogP contribution is 2.30. The fraction of sp³-hybridized carbons (Fsp3) is 0. The minimum Gasteiger partial charge on any atom is -0.383 e. The quantitative estimate of drug-likeness (QED) is 0.159. The number of benzene rings is 1. The van der Waals surface area contributed by atoms with Gasteiger partial charge in [0.15, 0.2) is 0 Å². The average Bonchev–Trinajstić information content (AvgIpc) is 2.65. The van der Waals surface area contributed by atoms with Crippen LogP contribution in [0.2, 0.25) is 5.02 Å². The van der Waals surface area contributed by atoms with Gasteiger partial charge < -0.3 is 9.47 Å². The number of nitro groups is 1. The van der Waals surface area contributed by atoms with Gasteiger partial charge in [-0.2, -0.15) is 0 Å². The van der Waals surface area contributed by atoms with Crippen LogP contribution in [0, 0.1) is 10.1 Å². The normalized spacial score (nSPS) is 9.61. The Hall–Kier alpha value is -3.99. The molecule has 0 aliphatic heterocycles. The third-order valence-corrected chi connectivity index (χ3v) is 3.25. The molecule has 144 valence electrons. The van der Waals surface area contributed by atoms with Gasteiger partial charge in [0, 0.05) is 6.07 Å². The summed E-state index contributed by atoms with van der Waals surface area (Å²) in [5.41, 5.74) is -2.57. The van der Waals surface area contributed by atoms with Crippen molar-refractivity contribution in [3.05, 3.63) is 63.7 Å². The van der Waals surface area contributed by atoms with Crippen LogP contribution in [0.1, 0.15) is 20.7 Å². The van der Waals surface area contributed by atoms with Crippen molar-refractivity contribution in [3.8, 4) is 0 Å². The molecule has 0 atom stereocenters. The van der Waals surface area contributed by atoms with Crippen LogP contribution in [0.4, 0.5) is 5.69 Å². The molecule has 12 heteroatoms. The Morgan fingerprint density at radius 1 is 0.929 bits per heavy atom. The third-order valence-electron chi connectivity index (χ3n) is 2.85. The molecule has 0 bridgehead atoms. The Bertz CT molecular complexity index is 962. The molecule has 0 unspecified atom stereocenters. The molecule has 0 fully saturated rings. The summed E-state index contributed by atoms with van der Waals surface area (Å²) in [6.07, 6.45) is 1.11. The van der Waals surface area contributed by atoms with E-state index in [0.29, 0.717) is 24.3 Å². The SMILES string of the molecule is C=CC(=O)C(=O)OC(=O)c1cc(C(=O)OC(=O)C(=O)C=C)c(Cl)c([N+](=O)[O-])c1. The summed E-state index contributed by atoms with van der Waals surface area (Å²) in [4.78, 5) is 78.7. The molecule has 1 aromatic carbocycles. The molecular formula is C16H8ClNO10. The van der Waals surface area contributed by atoms with E-state index in [9.17, 15) is 38.9 Å². The van der Waals surface area contributed by atoms with Crippen LogP contribution in [0.3, 0.4) is 0 Å². The van der Waals surface area contributed by atoms with Crippen LogP contribution < -0.4 is 0 Å². The first-order valence-corrected chi connectivity index (χ1v) is 7.25. The van der Waals surface area contributed by atoms with Gasteiger partial charge in [-0.1, -0.05) is 24.8 Å². The average molecular weight is 410 g/mol. The first-order valence-electron chi connectivity index (χ1n) is 6.87. The summed E-state index contributed by atoms with van der Waals surface area (Å²) in [7, 11) is 0. The molecule has 0 heterocycles. The minimum absolute atomic E-state index is 0.551. The number of hydrogen-bond donors (Lipinski definition) is 0. The number of hydrogen-bond acceptors (Lipinski definition) is 10. The van der Waals surface area contributed by atoms with E-state index in [1.54, 1.807) is 0 Å². The van der Waals surface area contributed by atoms with E-state index < -0.39 is 62.2 Å². The number of carbonyl (C=O) groups is 6. The van der Waals surface area contributed by atoms with Gasteiger partial charge in [-0.25, -0.2) is 19.2 Å². The molecule has 28 heavy (non-hydrogen) atoms. The second-order valence-corrected chi connectivity index (χ2v) is 4.98. The highest BCUT2D eigenvalue weighted by atomic mass is 35.5. The van der Waals surface area contributed by atoms with Crippen molar-refractivity contribution in [2.75, 3.05) is 0 Å². The van der Waals surface area contributed by atoms with Crippen molar-refractivity contribution in [2.24, 2.45) is 0 Å². The van der Waals surface area contributed by atoms with Crippen LogP contribution in [0.15, 0.2) is 37.4 Å². The number of halogens is 1. The summed E-state index contributed by atoms with van der Waals surface area (Å²) < 4.78 is 8.37. The Morgan fingerprint density at radius 2 is 1.39 bits per heavy atom. The molecule has 0 spiro atoms. The zero-order valence-corrected chi connectivity index (χ0v) is 14.4. The van der Waals surface area contributed by atoms with Gasteiger partial charge in [0.05, 0.1) is 16.1 Å². The number of esters is 4. The van der Waals surface area contributed by atoms with Crippen LogP contribution in [-0.4, -0.2) is 40.4 Å². The van der Waals surface area contributed by atoms with Gasteiger partial charge in [0.1, 0.15) is 5.02 Å². The van der Waals surface area contributed by atoms with Crippen molar-refractivity contribution in [1.29, 1.82) is 0 Å². The van der Waals surface area contributed by atoms with Crippen LogP contribution in [-0.2, 0) is 28.7 Å². The molecule has 0 radical (unpaired) electrons. The van der Waals surface area contributed by atoms with Crippen molar-refractivity contribution >= 4 is 52.7 Å². The predicted molar refractivity (Wildman–Crippen MR) is 89.4 cm³/mol. The monoisotopic (exact) mass is 409 g/mol. The van der Waals surface area contributed by atoms with Crippen molar-refractivity contribution in [1.82, 2.24) is 0 Å². The van der Waals surface area contributed by atoms with Crippen LogP contribution in [0.25, 0.3) is 0 Å². The smallest absolute Gasteiger partial charge is 0.383 e. The molecule has 0 aromatic heterocycles. The van der Waals surface area contributed by atoms with E-state index in [0.717, 1.165) is 0 Å². The molecular weight excluding hydrogens is 402 g/mol. The first kappa shape index (κ1) is 22.1. The fourth-order valence-electron chi connectivity index (χ4n) is 1.56. The standard InChI is InChI=1S/C16H8ClNO10/c1-3-10(19)15(23)27-13(21)7-5-8(12(17)9(6-7)18(25)26)14(22)28-16(24)11(20)4-2/h3-6H,1-2H2. The van der Waals surface area contributed by atoms with E-state index in [2.05, 4.69) is 22.6 Å². The lowest BCUT2D eigenvalue weighted by atomic mass is 10.1. The van der Waals surface area contributed by atoms with Gasteiger partial charge in [-0.15, -0.1) is 0 Å². The highest BCUT2D eigenvalue weighted by molar-refractivity contribution is 6.41. The largest absolute Gasteiger partial charge is 0.386 e. The summed E-state index contributed by atoms with van der Waals surface area (Å²) in [6.45, 7) is 6.00. The van der Waals surface area contributed by atoms with Crippen LogP contribution >= 0.6 is 11.6 Å². The van der Waals surface area contributed by atoms with Gasteiger partial charge in [0.25, 0.3) is 17.3 Å². The van der Waals surface area contributed by atoms with E-state index in [4.69, 9.17) is 11.6 Å². The second kappa shape index (κ2) is 9.09. The number of nitro benzene ring substituents is 1. The zero-order chi connectivity index (χ0) is 21.6. The Morgan fingerprint density at radius 3 is 1.82 bits per heavy atom. The topological polar surface area (TPSA) is 164 Å². The van der Waals surface area contributed by atoms with E-state index in [1.165, 1.54) is 0 Å². The molecule has 1 aromatic rings. The van der Waals surface area contributed by atoms with Crippen molar-refractivity contribution < 1.29 is 43.2 Å². The number of carbonyl (C=O) groups excluding carboxylic acids is 6. The molecule has 0 saturated carbocycles. The third kappa shape index (κ3) is 5.02. The summed E-state index contributed by atoms with van der Waals surface area (Å²) in [5, 5.41) is 10.3. The molecule has 0 N–H and O–H groups in total. The Kier molecular flexibility index (Phi) is 7.16. The molecule has 0 aliphatic carbocycles. The van der Waals surface area contributed by atoms with E-state index in [1.807, 2.05) is 0 Å². The van der Waals surface area contributed by atoms with Gasteiger partial charge in [-0.3, -0.25) is 19.7 Å². The summed E-state index contributed by atoms with van der Waals surface area (Å²) in [5.74, 6) is -8.99. The number of ketones is 2. The molecule has 11 nitrogen and oxygen atoms in total. The number of ether oxygens (including phenoxy) is 2.